The van der Waals surface area contributed by atoms with Crippen LogP contribution in [0.3, 0.4) is 0 Å². The molecule has 1 aromatic rings. The Hall–Kier alpha value is -1.08. The lowest BCUT2D eigenvalue weighted by Gasteiger charge is -2.34. The molecule has 1 heterocycles. The Labute approximate surface area is 97.3 Å². The first-order valence-corrected chi connectivity index (χ1v) is 5.35. The van der Waals surface area contributed by atoms with Gasteiger partial charge in [-0.05, 0) is 13.3 Å². The molecule has 1 aromatic heterocycles. The van der Waals surface area contributed by atoms with Gasteiger partial charge in [0.25, 0.3) is 0 Å². The first kappa shape index (κ1) is 14.0. The highest BCUT2D eigenvalue weighted by molar-refractivity contribution is 5.13. The topological polar surface area (TPSA) is 64.1 Å². The second kappa shape index (κ2) is 4.66. The number of aromatic nitrogens is 2. The highest BCUT2D eigenvalue weighted by Crippen LogP contribution is 2.41. The van der Waals surface area contributed by atoms with Gasteiger partial charge in [-0.1, -0.05) is 6.92 Å². The molecular weight excluding hydrogens is 235 g/mol. The predicted molar refractivity (Wildman–Crippen MR) is 56.1 cm³/mol. The van der Waals surface area contributed by atoms with E-state index in [9.17, 15) is 18.3 Å². The fourth-order valence-electron chi connectivity index (χ4n) is 1.70. The Morgan fingerprint density at radius 3 is 2.47 bits per heavy atom. The number of nitrogens with zero attached hydrogens (tertiary/aromatic N) is 2. The van der Waals surface area contributed by atoms with Gasteiger partial charge in [-0.25, -0.2) is 4.98 Å². The molecule has 0 saturated carbocycles. The van der Waals surface area contributed by atoms with Crippen molar-refractivity contribution in [3.63, 3.8) is 0 Å². The monoisotopic (exact) mass is 251 g/mol. The number of imidazole rings is 1. The minimum absolute atomic E-state index is 0.00736. The van der Waals surface area contributed by atoms with E-state index in [0.717, 1.165) is 0 Å². The molecule has 0 aliphatic rings. The second-order valence-electron chi connectivity index (χ2n) is 3.82. The quantitative estimate of drug-likeness (QED) is 0.850. The van der Waals surface area contributed by atoms with Crippen LogP contribution >= 0.6 is 0 Å². The van der Waals surface area contributed by atoms with Crippen LogP contribution in [-0.4, -0.2) is 26.9 Å². The maximum Gasteiger partial charge on any atom is 0.426 e. The molecule has 0 bridgehead atoms. The number of rotatable bonds is 4. The Morgan fingerprint density at radius 1 is 1.47 bits per heavy atom. The molecule has 17 heavy (non-hydrogen) atoms. The number of nitrogens with two attached hydrogens (primary N) is 1. The maximum atomic E-state index is 13.0. The summed E-state index contributed by atoms with van der Waals surface area (Å²) in [5, 5.41) is 9.96. The van der Waals surface area contributed by atoms with Gasteiger partial charge in [0.1, 0.15) is 0 Å². The minimum Gasteiger partial charge on any atom is -0.373 e. The third-order valence-electron chi connectivity index (χ3n) is 2.81. The molecule has 0 amide bonds. The highest BCUT2D eigenvalue weighted by Gasteiger charge is 2.60. The average Bonchev–Trinajstić information content (AvgIpc) is 2.73. The fourth-order valence-corrected chi connectivity index (χ4v) is 1.70. The lowest BCUT2D eigenvalue weighted by Crippen LogP contribution is -2.56. The van der Waals surface area contributed by atoms with Crippen molar-refractivity contribution in [2.75, 3.05) is 0 Å². The van der Waals surface area contributed by atoms with Gasteiger partial charge in [-0.3, -0.25) is 0 Å². The minimum atomic E-state index is -4.86. The van der Waals surface area contributed by atoms with Crippen molar-refractivity contribution in [2.45, 2.75) is 44.6 Å². The standard InChI is InChI=1S/C10H16F3N3O/c1-3-7(14)9(17,10(11,12)13)8-15-5-6-16(8)4-2/h5-7,17H,3-4,14H2,1-2H3. The van der Waals surface area contributed by atoms with Gasteiger partial charge in [-0.2, -0.15) is 13.2 Å². The third kappa shape index (κ3) is 2.16. The Balaban J connectivity index is 3.34. The van der Waals surface area contributed by atoms with E-state index in [1.165, 1.54) is 23.9 Å². The molecule has 1 rings (SSSR count). The Kier molecular flexibility index (Phi) is 3.83. The van der Waals surface area contributed by atoms with E-state index >= 15 is 0 Å². The zero-order chi connectivity index (χ0) is 13.3. The molecule has 0 spiro atoms. The highest BCUT2D eigenvalue weighted by atomic mass is 19.4. The van der Waals surface area contributed by atoms with Crippen LogP contribution in [0.25, 0.3) is 0 Å². The van der Waals surface area contributed by atoms with Crippen LogP contribution < -0.4 is 5.73 Å². The summed E-state index contributed by atoms with van der Waals surface area (Å²) in [6.45, 7) is 3.43. The van der Waals surface area contributed by atoms with Crippen LogP contribution in [-0.2, 0) is 12.1 Å². The van der Waals surface area contributed by atoms with Crippen LogP contribution in [0.5, 0.6) is 0 Å². The Morgan fingerprint density at radius 2 is 2.06 bits per heavy atom. The molecule has 2 atom stereocenters. The first-order valence-electron chi connectivity index (χ1n) is 5.35. The normalized spacial score (nSPS) is 17.8. The summed E-state index contributed by atoms with van der Waals surface area (Å²) < 4.78 is 40.4. The molecule has 0 saturated heterocycles. The lowest BCUT2D eigenvalue weighted by molar-refractivity contribution is -0.278. The van der Waals surface area contributed by atoms with Gasteiger partial charge in [-0.15, -0.1) is 0 Å². The van der Waals surface area contributed by atoms with Gasteiger partial charge >= 0.3 is 6.18 Å². The van der Waals surface area contributed by atoms with E-state index in [2.05, 4.69) is 4.98 Å². The molecule has 2 unspecified atom stereocenters. The summed E-state index contributed by atoms with van der Waals surface area (Å²) >= 11 is 0. The molecule has 7 heteroatoms. The number of aliphatic hydroxyl groups is 1. The zero-order valence-corrected chi connectivity index (χ0v) is 9.70. The molecule has 0 aliphatic heterocycles. The smallest absolute Gasteiger partial charge is 0.373 e. The molecule has 0 aliphatic carbocycles. The lowest BCUT2D eigenvalue weighted by atomic mass is 9.91. The molecule has 4 nitrogen and oxygen atoms in total. The molecule has 0 aromatic carbocycles. The van der Waals surface area contributed by atoms with Gasteiger partial charge in [0.15, 0.2) is 5.82 Å². The SMILES string of the molecule is CCC(N)C(O)(c1nccn1CC)C(F)(F)F. The maximum absolute atomic E-state index is 13.0. The molecule has 3 N–H and O–H groups in total. The number of hydrogen-bond donors (Lipinski definition) is 2. The van der Waals surface area contributed by atoms with Crippen molar-refractivity contribution in [1.29, 1.82) is 0 Å². The molecule has 0 fully saturated rings. The van der Waals surface area contributed by atoms with Crippen LogP contribution in [0.1, 0.15) is 26.1 Å². The fraction of sp³-hybridized carbons (Fsp3) is 0.700. The van der Waals surface area contributed by atoms with Gasteiger partial charge in [0.2, 0.25) is 5.60 Å². The second-order valence-corrected chi connectivity index (χ2v) is 3.82. The first-order chi connectivity index (χ1) is 7.79. The number of aryl methyl sites for hydroxylation is 1. The van der Waals surface area contributed by atoms with E-state index in [4.69, 9.17) is 5.73 Å². The predicted octanol–water partition coefficient (Wildman–Crippen LogP) is 1.39. The zero-order valence-electron chi connectivity index (χ0n) is 9.70. The molecular formula is C10H16F3N3O. The van der Waals surface area contributed by atoms with Gasteiger partial charge < -0.3 is 15.4 Å². The summed E-state index contributed by atoms with van der Waals surface area (Å²) in [7, 11) is 0. The molecule has 98 valence electrons. The number of hydrogen-bond acceptors (Lipinski definition) is 3. The van der Waals surface area contributed by atoms with Crippen molar-refractivity contribution in [2.24, 2.45) is 5.73 Å². The van der Waals surface area contributed by atoms with Crippen LogP contribution in [0.2, 0.25) is 0 Å². The third-order valence-corrected chi connectivity index (χ3v) is 2.81. The van der Waals surface area contributed by atoms with Crippen molar-refractivity contribution < 1.29 is 18.3 Å². The number of alkyl halides is 3. The van der Waals surface area contributed by atoms with Gasteiger partial charge in [0.05, 0.1) is 0 Å². The van der Waals surface area contributed by atoms with Crippen LogP contribution in [0.15, 0.2) is 12.4 Å². The van der Waals surface area contributed by atoms with Crippen LogP contribution in [0, 0.1) is 0 Å². The van der Waals surface area contributed by atoms with E-state index in [1.54, 1.807) is 6.92 Å². The van der Waals surface area contributed by atoms with Crippen LogP contribution in [0.4, 0.5) is 13.2 Å². The largest absolute Gasteiger partial charge is 0.426 e. The summed E-state index contributed by atoms with van der Waals surface area (Å²) in [5.41, 5.74) is 2.32. The van der Waals surface area contributed by atoms with Crippen molar-refractivity contribution in [3.8, 4) is 0 Å². The molecule has 0 radical (unpaired) electrons. The van der Waals surface area contributed by atoms with Crippen molar-refractivity contribution in [1.82, 2.24) is 9.55 Å². The van der Waals surface area contributed by atoms with E-state index in [0.29, 0.717) is 0 Å². The summed E-state index contributed by atoms with van der Waals surface area (Å²) in [5.74, 6) is -0.457. The van der Waals surface area contributed by atoms with E-state index < -0.39 is 23.6 Å². The Bertz CT molecular complexity index is 377. The van der Waals surface area contributed by atoms with Crippen molar-refractivity contribution >= 4 is 0 Å². The summed E-state index contributed by atoms with van der Waals surface area (Å²) in [6.07, 6.45) is -2.26. The summed E-state index contributed by atoms with van der Waals surface area (Å²) in [6, 6.07) is -1.45. The van der Waals surface area contributed by atoms with Gasteiger partial charge in [0, 0.05) is 25.0 Å². The summed E-state index contributed by atoms with van der Waals surface area (Å²) in [4.78, 5) is 3.61. The van der Waals surface area contributed by atoms with E-state index in [1.807, 2.05) is 0 Å². The van der Waals surface area contributed by atoms with Crippen molar-refractivity contribution in [3.05, 3.63) is 18.2 Å². The number of halogens is 3. The van der Waals surface area contributed by atoms with E-state index in [-0.39, 0.29) is 13.0 Å². The average molecular weight is 251 g/mol.